The number of ketones is 1. The lowest BCUT2D eigenvalue weighted by molar-refractivity contribution is -0.140. The van der Waals surface area contributed by atoms with Gasteiger partial charge in [0.25, 0.3) is 11.7 Å². The van der Waals surface area contributed by atoms with E-state index in [1.165, 1.54) is 22.7 Å². The fraction of sp³-hybridized carbons (Fsp3) is 0.217. The number of benzene rings is 1. The minimum atomic E-state index is -0.658. The lowest BCUT2D eigenvalue weighted by Crippen LogP contribution is -2.28. The zero-order valence-corrected chi connectivity index (χ0v) is 18.3. The minimum Gasteiger partial charge on any atom is -0.507 e. The van der Waals surface area contributed by atoms with Gasteiger partial charge in [-0.05, 0) is 61.7 Å². The first kappa shape index (κ1) is 20.4. The summed E-state index contributed by atoms with van der Waals surface area (Å²) in [6, 6.07) is 14.0. The number of aliphatic hydroxyl groups is 1. The van der Waals surface area contributed by atoms with E-state index in [-0.39, 0.29) is 11.3 Å². The third-order valence-electron chi connectivity index (χ3n) is 4.92. The van der Waals surface area contributed by atoms with Gasteiger partial charge in [0.1, 0.15) is 17.6 Å². The Bertz CT molecular complexity index is 1100. The first-order valence-corrected chi connectivity index (χ1v) is 11.3. The van der Waals surface area contributed by atoms with E-state index in [1.54, 1.807) is 29.2 Å². The lowest BCUT2D eigenvalue weighted by Gasteiger charge is -2.23. The highest BCUT2D eigenvalue weighted by Crippen LogP contribution is 2.42. The van der Waals surface area contributed by atoms with E-state index in [1.807, 2.05) is 43.5 Å². The van der Waals surface area contributed by atoms with E-state index in [4.69, 9.17) is 4.74 Å². The molecule has 30 heavy (non-hydrogen) atoms. The Balaban J connectivity index is 1.80. The number of hydrogen-bond donors (Lipinski definition) is 1. The Morgan fingerprint density at radius 3 is 2.50 bits per heavy atom. The highest BCUT2D eigenvalue weighted by Gasteiger charge is 2.46. The molecular formula is C23H21NO4S2. The highest BCUT2D eigenvalue weighted by atomic mass is 32.1. The number of thiophene rings is 2. The van der Waals surface area contributed by atoms with Crippen LogP contribution >= 0.6 is 22.7 Å². The smallest absolute Gasteiger partial charge is 0.296 e. The number of hydrogen-bond acceptors (Lipinski definition) is 6. The Labute approximate surface area is 182 Å². The van der Waals surface area contributed by atoms with Crippen molar-refractivity contribution in [3.8, 4) is 5.75 Å². The molecule has 0 aliphatic carbocycles. The van der Waals surface area contributed by atoms with Gasteiger partial charge in [0.2, 0.25) is 0 Å². The summed E-state index contributed by atoms with van der Waals surface area (Å²) < 4.78 is 5.45. The number of nitrogens with zero attached hydrogens (tertiary/aromatic N) is 1. The molecule has 1 atom stereocenters. The van der Waals surface area contributed by atoms with Crippen LogP contribution in [0.1, 0.15) is 33.2 Å². The monoisotopic (exact) mass is 439 g/mol. The molecule has 2 aromatic heterocycles. The first-order chi connectivity index (χ1) is 14.5. The van der Waals surface area contributed by atoms with Crippen LogP contribution in [0, 0.1) is 6.92 Å². The zero-order valence-electron chi connectivity index (χ0n) is 16.6. The average molecular weight is 440 g/mol. The maximum absolute atomic E-state index is 13.0. The van der Waals surface area contributed by atoms with Crippen molar-refractivity contribution >= 4 is 40.1 Å². The number of aliphatic hydroxyl groups excluding tert-OH is 1. The van der Waals surface area contributed by atoms with Crippen LogP contribution < -0.4 is 4.74 Å². The molecule has 0 spiro atoms. The maximum atomic E-state index is 13.0. The molecule has 4 rings (SSSR count). The van der Waals surface area contributed by atoms with Crippen molar-refractivity contribution in [1.29, 1.82) is 0 Å². The van der Waals surface area contributed by atoms with Crippen LogP contribution in [0.4, 0.5) is 0 Å². The van der Waals surface area contributed by atoms with Gasteiger partial charge in [0.15, 0.2) is 0 Å². The second-order valence-electron chi connectivity index (χ2n) is 6.91. The molecule has 154 valence electrons. The topological polar surface area (TPSA) is 66.8 Å². The first-order valence-electron chi connectivity index (χ1n) is 9.60. The molecule has 1 aromatic carbocycles. The standard InChI is InChI=1S/C23H21NO4S2/c1-3-28-16-9-7-15(8-10-16)21(25)19-20(18-11-6-14(2)30-18)24(23(27)22(19)26)13-17-5-4-12-29-17/h4-12,20,25H,3,13H2,1-2H3/b21-19+. The van der Waals surface area contributed by atoms with Gasteiger partial charge in [0.05, 0.1) is 18.7 Å². The van der Waals surface area contributed by atoms with Crippen molar-refractivity contribution < 1.29 is 19.4 Å². The predicted molar refractivity (Wildman–Crippen MR) is 119 cm³/mol. The van der Waals surface area contributed by atoms with Crippen molar-refractivity contribution in [2.45, 2.75) is 26.4 Å². The largest absolute Gasteiger partial charge is 0.507 e. The second-order valence-corrected chi connectivity index (χ2v) is 9.26. The van der Waals surface area contributed by atoms with Gasteiger partial charge in [-0.3, -0.25) is 9.59 Å². The van der Waals surface area contributed by atoms with E-state index in [2.05, 4.69) is 0 Å². The van der Waals surface area contributed by atoms with E-state index in [0.717, 1.165) is 14.6 Å². The Kier molecular flexibility index (Phi) is 5.74. The fourth-order valence-electron chi connectivity index (χ4n) is 3.54. The molecule has 1 saturated heterocycles. The minimum absolute atomic E-state index is 0.127. The second kappa shape index (κ2) is 8.45. The average Bonchev–Trinajstić information content (AvgIpc) is 3.46. The zero-order chi connectivity index (χ0) is 21.3. The quantitative estimate of drug-likeness (QED) is 0.328. The van der Waals surface area contributed by atoms with Crippen LogP contribution in [-0.2, 0) is 16.1 Å². The molecule has 1 N–H and O–H groups in total. The molecule has 0 bridgehead atoms. The molecule has 1 aliphatic rings. The van der Waals surface area contributed by atoms with Gasteiger partial charge in [-0.2, -0.15) is 0 Å². The number of rotatable bonds is 6. The number of ether oxygens (including phenoxy) is 1. The molecule has 0 saturated carbocycles. The molecule has 3 aromatic rings. The van der Waals surface area contributed by atoms with Crippen molar-refractivity contribution in [2.24, 2.45) is 0 Å². The van der Waals surface area contributed by atoms with Gasteiger partial charge in [0, 0.05) is 20.2 Å². The summed E-state index contributed by atoms with van der Waals surface area (Å²) in [5.74, 6) is -0.736. The molecule has 1 aliphatic heterocycles. The van der Waals surface area contributed by atoms with Gasteiger partial charge < -0.3 is 14.7 Å². The van der Waals surface area contributed by atoms with Crippen molar-refractivity contribution in [2.75, 3.05) is 6.61 Å². The molecular weight excluding hydrogens is 418 g/mol. The van der Waals surface area contributed by atoms with Crippen molar-refractivity contribution in [3.05, 3.63) is 79.7 Å². The third-order valence-corrected chi connectivity index (χ3v) is 6.83. The number of likely N-dealkylation sites (tertiary alicyclic amines) is 1. The van der Waals surface area contributed by atoms with Crippen LogP contribution in [0.15, 0.2) is 59.5 Å². The predicted octanol–water partition coefficient (Wildman–Crippen LogP) is 5.14. The van der Waals surface area contributed by atoms with Crippen LogP contribution in [-0.4, -0.2) is 28.3 Å². The summed E-state index contributed by atoms with van der Waals surface area (Å²) >= 11 is 3.06. The molecule has 1 fully saturated rings. The van der Waals surface area contributed by atoms with Crippen LogP contribution in [0.2, 0.25) is 0 Å². The Morgan fingerprint density at radius 1 is 1.13 bits per heavy atom. The van der Waals surface area contributed by atoms with Gasteiger partial charge >= 0.3 is 0 Å². The number of Topliss-reactive ketones (excluding diaryl/α,β-unsaturated/α-hetero) is 1. The summed E-state index contributed by atoms with van der Waals surface area (Å²) in [6.45, 7) is 4.73. The van der Waals surface area contributed by atoms with Gasteiger partial charge in [-0.15, -0.1) is 22.7 Å². The number of carbonyl (C=O) groups is 2. The third kappa shape index (κ3) is 3.78. The number of carbonyl (C=O) groups excluding carboxylic acids is 2. The molecule has 1 unspecified atom stereocenters. The van der Waals surface area contributed by atoms with E-state index in [0.29, 0.717) is 24.5 Å². The number of amides is 1. The van der Waals surface area contributed by atoms with Crippen molar-refractivity contribution in [3.63, 3.8) is 0 Å². The maximum Gasteiger partial charge on any atom is 0.296 e. The summed E-state index contributed by atoms with van der Waals surface area (Å²) in [7, 11) is 0. The molecule has 0 radical (unpaired) electrons. The van der Waals surface area contributed by atoms with E-state index < -0.39 is 17.7 Å². The molecule has 5 nitrogen and oxygen atoms in total. The van der Waals surface area contributed by atoms with Crippen LogP contribution in [0.3, 0.4) is 0 Å². The van der Waals surface area contributed by atoms with E-state index in [9.17, 15) is 14.7 Å². The van der Waals surface area contributed by atoms with Gasteiger partial charge in [-0.1, -0.05) is 6.07 Å². The molecule has 3 heterocycles. The normalized spacial score (nSPS) is 18.2. The fourth-order valence-corrected chi connectivity index (χ4v) is 5.24. The Morgan fingerprint density at radius 2 is 1.90 bits per heavy atom. The van der Waals surface area contributed by atoms with Crippen molar-refractivity contribution in [1.82, 2.24) is 4.90 Å². The summed E-state index contributed by atoms with van der Waals surface area (Å²) in [5, 5.41) is 13.0. The Hall–Kier alpha value is -2.90. The summed E-state index contributed by atoms with van der Waals surface area (Å²) in [5.41, 5.74) is 0.605. The van der Waals surface area contributed by atoms with Crippen LogP contribution in [0.25, 0.3) is 5.76 Å². The molecule has 1 amide bonds. The number of aryl methyl sites for hydroxylation is 1. The SMILES string of the molecule is CCOc1ccc(/C(O)=C2\C(=O)C(=O)N(Cc3cccs3)C2c2ccc(C)s2)cc1. The van der Waals surface area contributed by atoms with Crippen LogP contribution in [0.5, 0.6) is 5.75 Å². The summed E-state index contributed by atoms with van der Waals surface area (Å²) in [6.07, 6.45) is 0. The lowest BCUT2D eigenvalue weighted by atomic mass is 10.00. The molecule has 7 heteroatoms. The highest BCUT2D eigenvalue weighted by molar-refractivity contribution is 7.12. The van der Waals surface area contributed by atoms with E-state index >= 15 is 0 Å². The van der Waals surface area contributed by atoms with Gasteiger partial charge in [-0.25, -0.2) is 0 Å². The summed E-state index contributed by atoms with van der Waals surface area (Å²) in [4.78, 5) is 30.4.